The van der Waals surface area contributed by atoms with E-state index >= 15 is 0 Å². The lowest BCUT2D eigenvalue weighted by atomic mass is 10.0. The van der Waals surface area contributed by atoms with Crippen molar-refractivity contribution in [3.8, 4) is 21.9 Å². The molecule has 0 radical (unpaired) electrons. The first-order valence-electron chi connectivity index (χ1n) is 10.6. The highest BCUT2D eigenvalue weighted by Crippen LogP contribution is 2.30. The molecule has 0 amide bonds. The van der Waals surface area contributed by atoms with Gasteiger partial charge in [0.1, 0.15) is 15.3 Å². The highest BCUT2D eigenvalue weighted by Gasteiger charge is 2.11. The van der Waals surface area contributed by atoms with Crippen LogP contribution in [-0.4, -0.2) is 23.4 Å². The van der Waals surface area contributed by atoms with Crippen molar-refractivity contribution >= 4 is 55.6 Å². The summed E-state index contributed by atoms with van der Waals surface area (Å²) in [6.45, 7) is -0.269. The fourth-order valence-corrected chi connectivity index (χ4v) is 5.78. The molecule has 0 saturated heterocycles. The quantitative estimate of drug-likeness (QED) is 0.0617. The minimum Gasteiger partial charge on any atom is -0.427 e. The second-order valence-electron chi connectivity index (χ2n) is 7.65. The van der Waals surface area contributed by atoms with E-state index < -0.39 is 10.9 Å². The van der Waals surface area contributed by atoms with E-state index in [4.69, 9.17) is 21.7 Å². The Kier molecular flexibility index (Phi) is 7.96. The second kappa shape index (κ2) is 11.3. The summed E-state index contributed by atoms with van der Waals surface area (Å²) in [5.74, 6) is -0.0438. The Labute approximate surface area is 213 Å². The third kappa shape index (κ3) is 7.01. The molecule has 3 aromatic carbocycles. The summed E-state index contributed by atoms with van der Waals surface area (Å²) < 4.78 is 11.6. The number of carbonyl (C=O) groups excluding carboxylic acids is 2. The van der Waals surface area contributed by atoms with Crippen molar-refractivity contribution in [2.45, 2.75) is 19.3 Å². The monoisotopic (exact) mass is 525 g/mol. The van der Waals surface area contributed by atoms with Crippen LogP contribution in [0.4, 0.5) is 0 Å². The molecule has 178 valence electrons. The van der Waals surface area contributed by atoms with Crippen LogP contribution in [0.3, 0.4) is 0 Å². The van der Waals surface area contributed by atoms with Crippen LogP contribution in [0.2, 0.25) is 0 Å². The van der Waals surface area contributed by atoms with Gasteiger partial charge < -0.3 is 9.47 Å². The molecule has 0 bridgehead atoms. The van der Waals surface area contributed by atoms with Gasteiger partial charge in [-0.2, -0.15) is 0 Å². The van der Waals surface area contributed by atoms with Crippen molar-refractivity contribution in [1.82, 2.24) is 0 Å². The van der Waals surface area contributed by atoms with E-state index in [0.29, 0.717) is 11.5 Å². The highest BCUT2D eigenvalue weighted by atomic mass is 32.9. The van der Waals surface area contributed by atoms with Crippen molar-refractivity contribution in [1.29, 1.82) is 0 Å². The fraction of sp³-hybridized carbons (Fsp3) is 0.160. The summed E-state index contributed by atoms with van der Waals surface area (Å²) in [6, 6.07) is 20.0. The molecule has 0 aliphatic carbocycles. The molecule has 10 heteroatoms. The Morgan fingerprint density at radius 2 is 1.54 bits per heavy atom. The van der Waals surface area contributed by atoms with Gasteiger partial charge in [-0.1, -0.05) is 57.2 Å². The number of nitro groups is 1. The number of esters is 2. The lowest BCUT2D eigenvalue weighted by Crippen LogP contribution is -2.11. The van der Waals surface area contributed by atoms with Crippen LogP contribution < -0.4 is 9.47 Å². The van der Waals surface area contributed by atoms with Crippen molar-refractivity contribution < 1.29 is 24.0 Å². The Balaban J connectivity index is 1.34. The van der Waals surface area contributed by atoms with Crippen LogP contribution in [0, 0.1) is 13.9 Å². The van der Waals surface area contributed by atoms with Gasteiger partial charge in [0, 0.05) is 16.2 Å². The number of ether oxygens (including phenoxy) is 2. The van der Waals surface area contributed by atoms with Crippen LogP contribution in [0.25, 0.3) is 21.2 Å². The summed E-state index contributed by atoms with van der Waals surface area (Å²) in [4.78, 5) is 35.3. The van der Waals surface area contributed by atoms with Gasteiger partial charge in [0.15, 0.2) is 0 Å². The molecule has 0 N–H and O–H groups in total. The predicted octanol–water partition coefficient (Wildman–Crippen LogP) is 6.47. The number of benzene rings is 3. The van der Waals surface area contributed by atoms with Crippen molar-refractivity contribution in [3.63, 3.8) is 0 Å². The van der Waals surface area contributed by atoms with Crippen molar-refractivity contribution in [2.24, 2.45) is 0 Å². The van der Waals surface area contributed by atoms with Gasteiger partial charge in [-0.25, -0.2) is 0 Å². The summed E-state index contributed by atoms with van der Waals surface area (Å²) in [7, 11) is 3.17. The van der Waals surface area contributed by atoms with E-state index in [1.54, 1.807) is 51.0 Å². The standard InChI is InChI=1S/C25H19NO6S3/c27-23(2-1-11-26(29)30)32-21-10-7-18-12-16(3-4-19(18)14-21)13-24(28)31-20-8-5-17(6-9-20)22-15-25(33)35-34-22/h3-10,12,14-15H,1-2,11,13H2. The SMILES string of the molecule is O=C(CCC[N+](=O)[O-])Oc1ccc2cc(CC(=O)Oc3ccc(-c4cc(=S)ss4)cc3)ccc2c1. The van der Waals surface area contributed by atoms with E-state index in [2.05, 4.69) is 0 Å². The average Bonchev–Trinajstić information content (AvgIpc) is 3.25. The molecule has 7 nitrogen and oxygen atoms in total. The van der Waals surface area contributed by atoms with Gasteiger partial charge in [-0.3, -0.25) is 19.7 Å². The number of carbonyl (C=O) groups is 2. The van der Waals surface area contributed by atoms with Crippen molar-refractivity contribution in [2.75, 3.05) is 6.54 Å². The normalized spacial score (nSPS) is 10.7. The first-order chi connectivity index (χ1) is 16.9. The van der Waals surface area contributed by atoms with Crippen LogP contribution in [0.5, 0.6) is 11.5 Å². The smallest absolute Gasteiger partial charge is 0.315 e. The molecule has 0 aliphatic rings. The van der Waals surface area contributed by atoms with E-state index in [1.165, 1.54) is 0 Å². The van der Waals surface area contributed by atoms with Crippen LogP contribution >= 0.6 is 32.9 Å². The first kappa shape index (κ1) is 24.6. The van der Waals surface area contributed by atoms with Crippen LogP contribution in [0.1, 0.15) is 18.4 Å². The zero-order valence-corrected chi connectivity index (χ0v) is 20.8. The molecule has 0 atom stereocenters. The number of hydrogen-bond donors (Lipinski definition) is 0. The van der Waals surface area contributed by atoms with Crippen LogP contribution in [-0.2, 0) is 16.0 Å². The van der Waals surface area contributed by atoms with Gasteiger partial charge in [0.2, 0.25) is 6.54 Å². The summed E-state index contributed by atoms with van der Waals surface area (Å²) in [5.41, 5.74) is 1.82. The lowest BCUT2D eigenvalue weighted by molar-refractivity contribution is -0.480. The molecule has 0 spiro atoms. The minimum absolute atomic E-state index is 0.0211. The Morgan fingerprint density at radius 1 is 0.857 bits per heavy atom. The summed E-state index contributed by atoms with van der Waals surface area (Å²) in [5, 5.41) is 12.1. The summed E-state index contributed by atoms with van der Waals surface area (Å²) in [6.07, 6.45) is 0.220. The number of fused-ring (bicyclic) bond motifs is 1. The van der Waals surface area contributed by atoms with Gasteiger partial charge in [-0.15, -0.1) is 0 Å². The number of hydrogen-bond acceptors (Lipinski definition) is 9. The molecular formula is C25H19NO6S3. The van der Waals surface area contributed by atoms with E-state index in [9.17, 15) is 19.7 Å². The minimum atomic E-state index is -0.514. The van der Waals surface area contributed by atoms with E-state index in [-0.39, 0.29) is 31.8 Å². The Hall–Kier alpha value is -3.47. The molecule has 1 aromatic heterocycles. The number of nitrogens with zero attached hydrogens (tertiary/aromatic N) is 1. The average molecular weight is 526 g/mol. The van der Waals surface area contributed by atoms with Gasteiger partial charge in [-0.05, 0) is 64.4 Å². The van der Waals surface area contributed by atoms with Crippen molar-refractivity contribution in [3.05, 3.63) is 86.2 Å². The molecular weight excluding hydrogens is 506 g/mol. The fourth-order valence-electron chi connectivity index (χ4n) is 3.38. The van der Waals surface area contributed by atoms with Gasteiger partial charge in [0.05, 0.1) is 12.8 Å². The van der Waals surface area contributed by atoms with Crippen LogP contribution in [0.15, 0.2) is 66.7 Å². The zero-order chi connectivity index (χ0) is 24.8. The maximum atomic E-state index is 12.4. The van der Waals surface area contributed by atoms with Gasteiger partial charge >= 0.3 is 11.9 Å². The molecule has 0 saturated carbocycles. The second-order valence-corrected chi connectivity index (χ2v) is 10.6. The Bertz CT molecular complexity index is 1440. The molecule has 1 heterocycles. The predicted molar refractivity (Wildman–Crippen MR) is 138 cm³/mol. The molecule has 4 rings (SSSR count). The first-order valence-corrected chi connectivity index (χ1v) is 13.2. The third-order valence-electron chi connectivity index (χ3n) is 5.01. The lowest BCUT2D eigenvalue weighted by Gasteiger charge is -2.08. The maximum absolute atomic E-state index is 12.4. The third-order valence-corrected chi connectivity index (χ3v) is 7.92. The summed E-state index contributed by atoms with van der Waals surface area (Å²) >= 11 is 5.17. The molecule has 35 heavy (non-hydrogen) atoms. The maximum Gasteiger partial charge on any atom is 0.315 e. The van der Waals surface area contributed by atoms with Gasteiger partial charge in [0.25, 0.3) is 0 Å². The van der Waals surface area contributed by atoms with E-state index in [0.717, 1.165) is 30.6 Å². The molecule has 0 unspecified atom stereocenters. The zero-order valence-electron chi connectivity index (χ0n) is 18.3. The topological polar surface area (TPSA) is 95.7 Å². The molecule has 0 fully saturated rings. The number of rotatable bonds is 9. The highest BCUT2D eigenvalue weighted by molar-refractivity contribution is 7.80. The Morgan fingerprint density at radius 3 is 2.26 bits per heavy atom. The van der Waals surface area contributed by atoms with E-state index in [1.807, 2.05) is 36.4 Å². The molecule has 0 aliphatic heterocycles. The molecule has 4 aromatic rings. The largest absolute Gasteiger partial charge is 0.427 e.